The summed E-state index contributed by atoms with van der Waals surface area (Å²) in [7, 11) is -1.56. The number of nitrogens with zero attached hydrogens (tertiary/aromatic N) is 1. The first kappa shape index (κ1) is 22.4. The molecule has 8 heteroatoms. The van der Waals surface area contributed by atoms with Gasteiger partial charge in [-0.05, 0) is 61.2 Å². The van der Waals surface area contributed by atoms with Gasteiger partial charge < -0.3 is 14.4 Å². The molecule has 1 heterocycles. The fourth-order valence-corrected chi connectivity index (χ4v) is 5.47. The average Bonchev–Trinajstić information content (AvgIpc) is 3.07. The Morgan fingerprint density at radius 3 is 2.47 bits per heavy atom. The van der Waals surface area contributed by atoms with Crippen LogP contribution in [-0.4, -0.2) is 50.5 Å². The van der Waals surface area contributed by atoms with Crippen molar-refractivity contribution in [2.75, 3.05) is 25.2 Å². The summed E-state index contributed by atoms with van der Waals surface area (Å²) in [5.74, 6) is 1.05. The van der Waals surface area contributed by atoms with E-state index in [1.54, 1.807) is 24.1 Å². The van der Waals surface area contributed by atoms with Crippen molar-refractivity contribution in [3.05, 3.63) is 58.1 Å². The van der Waals surface area contributed by atoms with Crippen LogP contribution in [0.15, 0.2) is 36.4 Å². The fraction of sp³-hybridized carbons (Fsp3) is 0.409. The van der Waals surface area contributed by atoms with Crippen LogP contribution in [0.5, 0.6) is 11.5 Å². The fourth-order valence-electron chi connectivity index (χ4n) is 3.63. The van der Waals surface area contributed by atoms with Crippen molar-refractivity contribution < 1.29 is 22.7 Å². The second-order valence-electron chi connectivity index (χ2n) is 7.59. The molecule has 0 bridgehead atoms. The van der Waals surface area contributed by atoms with Gasteiger partial charge >= 0.3 is 0 Å². The van der Waals surface area contributed by atoms with Gasteiger partial charge in [0.15, 0.2) is 16.4 Å². The minimum atomic E-state index is -3.14. The molecule has 1 unspecified atom stereocenters. The number of sulfone groups is 1. The van der Waals surface area contributed by atoms with Gasteiger partial charge in [0.1, 0.15) is 11.5 Å². The molecule has 30 heavy (non-hydrogen) atoms. The Kier molecular flexibility index (Phi) is 6.93. The van der Waals surface area contributed by atoms with Gasteiger partial charge in [-0.3, -0.25) is 4.79 Å². The topological polar surface area (TPSA) is 72.9 Å². The summed E-state index contributed by atoms with van der Waals surface area (Å²) in [6.07, 6.45) is 0.428. The van der Waals surface area contributed by atoms with Gasteiger partial charge in [0.2, 0.25) is 0 Å². The van der Waals surface area contributed by atoms with E-state index in [2.05, 4.69) is 0 Å². The maximum atomic E-state index is 13.1. The number of carbonyl (C=O) groups excluding carboxylic acids is 1. The van der Waals surface area contributed by atoms with Crippen LogP contribution < -0.4 is 9.47 Å². The zero-order valence-electron chi connectivity index (χ0n) is 17.4. The van der Waals surface area contributed by atoms with Gasteiger partial charge in [-0.1, -0.05) is 23.7 Å². The minimum absolute atomic E-state index is 0.0259. The van der Waals surface area contributed by atoms with E-state index in [4.69, 9.17) is 21.1 Å². The lowest BCUT2D eigenvalue weighted by Gasteiger charge is -2.28. The van der Waals surface area contributed by atoms with Crippen LogP contribution >= 0.6 is 11.6 Å². The van der Waals surface area contributed by atoms with Crippen LogP contribution in [-0.2, 0) is 21.2 Å². The predicted octanol–water partition coefficient (Wildman–Crippen LogP) is 3.56. The standard InChI is InChI=1S/C22H26ClNO5S/c1-15-9-20(10-16(2)22(15)23)29-13-21(25)24(18-7-8-30(26,27)14-18)12-17-5-4-6-19(11-17)28-3/h4-6,9-11,18H,7-8,12-14H2,1-3H3. The van der Waals surface area contributed by atoms with Crippen LogP contribution in [0.2, 0.25) is 5.02 Å². The Bertz CT molecular complexity index is 1010. The SMILES string of the molecule is COc1cccc(CN(C(=O)COc2cc(C)c(Cl)c(C)c2)C2CCS(=O)(=O)C2)c1. The van der Waals surface area contributed by atoms with Crippen LogP contribution in [0.4, 0.5) is 0 Å². The average molecular weight is 452 g/mol. The number of hydrogen-bond acceptors (Lipinski definition) is 5. The van der Waals surface area contributed by atoms with Crippen molar-refractivity contribution >= 4 is 27.3 Å². The number of aryl methyl sites for hydroxylation is 2. The van der Waals surface area contributed by atoms with Crippen molar-refractivity contribution in [1.82, 2.24) is 4.90 Å². The molecule has 2 aromatic carbocycles. The molecule has 0 N–H and O–H groups in total. The number of halogens is 1. The van der Waals surface area contributed by atoms with E-state index < -0.39 is 9.84 Å². The number of ether oxygens (including phenoxy) is 2. The molecule has 1 fully saturated rings. The number of carbonyl (C=O) groups is 1. The highest BCUT2D eigenvalue weighted by Crippen LogP contribution is 2.26. The molecular formula is C22H26ClNO5S. The molecule has 0 spiro atoms. The van der Waals surface area contributed by atoms with E-state index in [9.17, 15) is 13.2 Å². The molecule has 0 radical (unpaired) electrons. The van der Waals surface area contributed by atoms with Crippen molar-refractivity contribution in [3.8, 4) is 11.5 Å². The van der Waals surface area contributed by atoms with E-state index in [0.717, 1.165) is 16.7 Å². The van der Waals surface area contributed by atoms with Gasteiger partial charge in [-0.25, -0.2) is 8.42 Å². The summed E-state index contributed by atoms with van der Waals surface area (Å²) in [5, 5.41) is 0.671. The number of benzene rings is 2. The highest BCUT2D eigenvalue weighted by molar-refractivity contribution is 7.91. The summed E-state index contributed by atoms with van der Waals surface area (Å²) in [5.41, 5.74) is 2.61. The summed E-state index contributed by atoms with van der Waals surface area (Å²) < 4.78 is 35.0. The van der Waals surface area contributed by atoms with Gasteiger partial charge in [0.05, 0.1) is 18.6 Å². The largest absolute Gasteiger partial charge is 0.497 e. The third kappa shape index (κ3) is 5.46. The van der Waals surface area contributed by atoms with Crippen LogP contribution in [0.3, 0.4) is 0 Å². The van der Waals surface area contributed by atoms with E-state index in [-0.39, 0.29) is 36.6 Å². The maximum Gasteiger partial charge on any atom is 0.261 e. The normalized spacial score (nSPS) is 17.5. The summed E-state index contributed by atoms with van der Waals surface area (Å²) in [4.78, 5) is 14.7. The first-order valence-electron chi connectivity index (χ1n) is 9.71. The second-order valence-corrected chi connectivity index (χ2v) is 10.2. The van der Waals surface area contributed by atoms with E-state index in [0.29, 0.717) is 22.9 Å². The van der Waals surface area contributed by atoms with Crippen molar-refractivity contribution in [1.29, 1.82) is 0 Å². The highest BCUT2D eigenvalue weighted by atomic mass is 35.5. The Morgan fingerprint density at radius 1 is 1.17 bits per heavy atom. The second kappa shape index (κ2) is 9.27. The smallest absolute Gasteiger partial charge is 0.261 e. The lowest BCUT2D eigenvalue weighted by molar-refractivity contribution is -0.136. The monoisotopic (exact) mass is 451 g/mol. The molecule has 0 aliphatic carbocycles. The Labute approximate surface area is 182 Å². The van der Waals surface area contributed by atoms with Gasteiger partial charge in [0.25, 0.3) is 5.91 Å². The summed E-state index contributed by atoms with van der Waals surface area (Å²) in [6, 6.07) is 10.6. The molecule has 3 rings (SSSR count). The van der Waals surface area contributed by atoms with Gasteiger partial charge in [-0.2, -0.15) is 0 Å². The molecule has 0 saturated carbocycles. The third-order valence-electron chi connectivity index (χ3n) is 5.23. The molecule has 1 saturated heterocycles. The number of rotatable bonds is 7. The lowest BCUT2D eigenvalue weighted by Crippen LogP contribution is -2.43. The lowest BCUT2D eigenvalue weighted by atomic mass is 10.1. The molecule has 2 aromatic rings. The van der Waals surface area contributed by atoms with Crippen LogP contribution in [0.1, 0.15) is 23.1 Å². The third-order valence-corrected chi connectivity index (χ3v) is 7.58. The van der Waals surface area contributed by atoms with Crippen molar-refractivity contribution in [2.24, 2.45) is 0 Å². The van der Waals surface area contributed by atoms with Crippen molar-refractivity contribution in [3.63, 3.8) is 0 Å². The van der Waals surface area contributed by atoms with E-state index in [1.807, 2.05) is 38.1 Å². The summed E-state index contributed by atoms with van der Waals surface area (Å²) in [6.45, 7) is 3.87. The predicted molar refractivity (Wildman–Crippen MR) is 117 cm³/mol. The number of methoxy groups -OCH3 is 1. The molecular weight excluding hydrogens is 426 g/mol. The van der Waals surface area contributed by atoms with Crippen LogP contribution in [0.25, 0.3) is 0 Å². The number of hydrogen-bond donors (Lipinski definition) is 0. The van der Waals surface area contributed by atoms with E-state index in [1.165, 1.54) is 0 Å². The van der Waals surface area contributed by atoms with Gasteiger partial charge in [0, 0.05) is 17.6 Å². The molecule has 162 valence electrons. The first-order valence-corrected chi connectivity index (χ1v) is 11.9. The number of amides is 1. The minimum Gasteiger partial charge on any atom is -0.497 e. The first-order chi connectivity index (χ1) is 14.2. The Morgan fingerprint density at radius 2 is 1.87 bits per heavy atom. The van der Waals surface area contributed by atoms with E-state index >= 15 is 0 Å². The Hall–Kier alpha value is -2.25. The maximum absolute atomic E-state index is 13.1. The highest BCUT2D eigenvalue weighted by Gasteiger charge is 2.34. The van der Waals surface area contributed by atoms with Crippen molar-refractivity contribution in [2.45, 2.75) is 32.9 Å². The molecule has 6 nitrogen and oxygen atoms in total. The summed E-state index contributed by atoms with van der Waals surface area (Å²) >= 11 is 6.19. The molecule has 1 aliphatic rings. The van der Waals surface area contributed by atoms with Crippen LogP contribution in [0, 0.1) is 13.8 Å². The zero-order chi connectivity index (χ0) is 21.9. The molecule has 0 aromatic heterocycles. The zero-order valence-corrected chi connectivity index (χ0v) is 18.9. The quantitative estimate of drug-likeness (QED) is 0.643. The Balaban J connectivity index is 1.77. The van der Waals surface area contributed by atoms with Gasteiger partial charge in [-0.15, -0.1) is 0 Å². The molecule has 1 atom stereocenters. The molecule has 1 amide bonds. The molecule has 1 aliphatic heterocycles.